The third-order valence-electron chi connectivity index (χ3n) is 3.54. The number of benzene rings is 2. The topological polar surface area (TPSA) is 66.9 Å². The number of anilines is 3. The van der Waals surface area contributed by atoms with Gasteiger partial charge in [0.05, 0.1) is 10.0 Å². The molecule has 7 heteroatoms. The zero-order valence-electron chi connectivity index (χ0n) is 14.2. The van der Waals surface area contributed by atoms with Crippen molar-refractivity contribution in [3.05, 3.63) is 75.5 Å². The Morgan fingerprint density at radius 3 is 2.46 bits per heavy atom. The average molecular weight is 387 g/mol. The average Bonchev–Trinajstić information content (AvgIpc) is 2.57. The summed E-state index contributed by atoms with van der Waals surface area (Å²) in [5, 5.41) is 6.66. The summed E-state index contributed by atoms with van der Waals surface area (Å²) in [7, 11) is 0. The molecular formula is C19H16Cl2N4O. The lowest BCUT2D eigenvalue weighted by molar-refractivity contribution is 0.102. The molecule has 0 atom stereocenters. The highest BCUT2D eigenvalue weighted by Crippen LogP contribution is 2.25. The fraction of sp³-hybridized carbons (Fsp3) is 0.105. The van der Waals surface area contributed by atoms with Gasteiger partial charge in [-0.2, -0.15) is 0 Å². The van der Waals surface area contributed by atoms with Crippen LogP contribution in [0.15, 0.2) is 48.5 Å². The summed E-state index contributed by atoms with van der Waals surface area (Å²) < 4.78 is 0. The maximum atomic E-state index is 12.5. The minimum Gasteiger partial charge on any atom is -0.324 e. The molecule has 0 aliphatic rings. The fourth-order valence-electron chi connectivity index (χ4n) is 2.36. The predicted molar refractivity (Wildman–Crippen MR) is 106 cm³/mol. The molecular weight excluding hydrogens is 371 g/mol. The van der Waals surface area contributed by atoms with Gasteiger partial charge in [-0.05, 0) is 55.8 Å². The second-order valence-corrected chi connectivity index (χ2v) is 6.61. The van der Waals surface area contributed by atoms with E-state index in [-0.39, 0.29) is 11.6 Å². The number of carbonyl (C=O) groups is 1. The molecule has 0 unspecified atom stereocenters. The lowest BCUT2D eigenvalue weighted by Gasteiger charge is -2.10. The van der Waals surface area contributed by atoms with Gasteiger partial charge in [0.25, 0.3) is 5.91 Å². The second kappa shape index (κ2) is 7.72. The Labute approximate surface area is 161 Å². The van der Waals surface area contributed by atoms with Crippen molar-refractivity contribution >= 4 is 46.4 Å². The standard InChI is InChI=1S/C19H16Cl2N4O/c1-11-4-3-5-13(8-11)24-19-22-12(2)9-17(25-19)18(26)23-14-6-7-15(20)16(21)10-14/h3-10H,1-2H3,(H,23,26)(H,22,24,25). The van der Waals surface area contributed by atoms with Crippen LogP contribution in [0.1, 0.15) is 21.7 Å². The van der Waals surface area contributed by atoms with Gasteiger partial charge in [-0.1, -0.05) is 35.3 Å². The first-order valence-electron chi connectivity index (χ1n) is 7.86. The lowest BCUT2D eigenvalue weighted by Crippen LogP contribution is -2.15. The molecule has 2 aromatic carbocycles. The molecule has 0 saturated carbocycles. The van der Waals surface area contributed by atoms with Crippen LogP contribution in [0, 0.1) is 13.8 Å². The molecule has 0 radical (unpaired) electrons. The van der Waals surface area contributed by atoms with Crippen molar-refractivity contribution in [2.45, 2.75) is 13.8 Å². The van der Waals surface area contributed by atoms with E-state index in [4.69, 9.17) is 23.2 Å². The van der Waals surface area contributed by atoms with Gasteiger partial charge in [0.1, 0.15) is 5.69 Å². The van der Waals surface area contributed by atoms with Crippen molar-refractivity contribution in [2.75, 3.05) is 10.6 Å². The number of nitrogens with one attached hydrogen (secondary N) is 2. The number of aryl methyl sites for hydroxylation is 2. The predicted octanol–water partition coefficient (Wildman–Crippen LogP) is 5.40. The number of hydrogen-bond acceptors (Lipinski definition) is 4. The summed E-state index contributed by atoms with van der Waals surface area (Å²) in [5.41, 5.74) is 3.42. The van der Waals surface area contributed by atoms with Crippen molar-refractivity contribution in [2.24, 2.45) is 0 Å². The summed E-state index contributed by atoms with van der Waals surface area (Å²) in [6.45, 7) is 3.80. The van der Waals surface area contributed by atoms with Crippen LogP contribution in [0.4, 0.5) is 17.3 Å². The summed E-state index contributed by atoms with van der Waals surface area (Å²) in [4.78, 5) is 21.2. The summed E-state index contributed by atoms with van der Waals surface area (Å²) in [6, 6.07) is 14.3. The van der Waals surface area contributed by atoms with Crippen LogP contribution in [0.5, 0.6) is 0 Å². The molecule has 0 aliphatic heterocycles. The van der Waals surface area contributed by atoms with E-state index >= 15 is 0 Å². The quantitative estimate of drug-likeness (QED) is 0.629. The first-order valence-corrected chi connectivity index (χ1v) is 8.62. The van der Waals surface area contributed by atoms with Gasteiger partial charge in [-0.15, -0.1) is 0 Å². The van der Waals surface area contributed by atoms with Crippen molar-refractivity contribution in [1.29, 1.82) is 0 Å². The number of carbonyl (C=O) groups excluding carboxylic acids is 1. The molecule has 132 valence electrons. The number of hydrogen-bond donors (Lipinski definition) is 2. The molecule has 0 saturated heterocycles. The highest BCUT2D eigenvalue weighted by atomic mass is 35.5. The number of aromatic nitrogens is 2. The van der Waals surface area contributed by atoms with Crippen molar-refractivity contribution < 1.29 is 4.79 Å². The van der Waals surface area contributed by atoms with Crippen LogP contribution in [-0.4, -0.2) is 15.9 Å². The van der Waals surface area contributed by atoms with Crippen molar-refractivity contribution in [3.63, 3.8) is 0 Å². The summed E-state index contributed by atoms with van der Waals surface area (Å²) in [6.07, 6.45) is 0. The van der Waals surface area contributed by atoms with Gasteiger partial charge in [0.15, 0.2) is 0 Å². The second-order valence-electron chi connectivity index (χ2n) is 5.80. The van der Waals surface area contributed by atoms with E-state index in [2.05, 4.69) is 20.6 Å². The van der Waals surface area contributed by atoms with Gasteiger partial charge in [0.2, 0.25) is 5.95 Å². The molecule has 2 N–H and O–H groups in total. The molecule has 1 heterocycles. The largest absolute Gasteiger partial charge is 0.324 e. The monoisotopic (exact) mass is 386 g/mol. The van der Waals surface area contributed by atoms with E-state index in [0.717, 1.165) is 11.3 Å². The Balaban J connectivity index is 1.82. The summed E-state index contributed by atoms with van der Waals surface area (Å²) >= 11 is 11.9. The van der Waals surface area contributed by atoms with Gasteiger partial charge >= 0.3 is 0 Å². The SMILES string of the molecule is Cc1cccc(Nc2nc(C)cc(C(=O)Nc3ccc(Cl)c(Cl)c3)n2)c1. The van der Waals surface area contributed by atoms with Gasteiger partial charge in [0, 0.05) is 17.1 Å². The number of halogens is 2. The maximum absolute atomic E-state index is 12.5. The lowest BCUT2D eigenvalue weighted by atomic mass is 10.2. The summed E-state index contributed by atoms with van der Waals surface area (Å²) in [5.74, 6) is -0.00364. The third-order valence-corrected chi connectivity index (χ3v) is 4.28. The van der Waals surface area contributed by atoms with Gasteiger partial charge < -0.3 is 10.6 Å². The molecule has 5 nitrogen and oxygen atoms in total. The van der Waals surface area contributed by atoms with Crippen LogP contribution in [-0.2, 0) is 0 Å². The van der Waals surface area contributed by atoms with E-state index in [9.17, 15) is 4.79 Å². The number of amides is 1. The number of rotatable bonds is 4. The van der Waals surface area contributed by atoms with Gasteiger partial charge in [-0.25, -0.2) is 9.97 Å². The molecule has 1 aromatic heterocycles. The van der Waals surface area contributed by atoms with Gasteiger partial charge in [-0.3, -0.25) is 4.79 Å². The highest BCUT2D eigenvalue weighted by Gasteiger charge is 2.12. The normalized spacial score (nSPS) is 10.5. The molecule has 1 amide bonds. The van der Waals surface area contributed by atoms with Crippen LogP contribution >= 0.6 is 23.2 Å². The van der Waals surface area contributed by atoms with Crippen LogP contribution in [0.3, 0.4) is 0 Å². The Hall–Kier alpha value is -2.63. The Bertz CT molecular complexity index is 976. The Morgan fingerprint density at radius 2 is 1.73 bits per heavy atom. The molecule has 0 bridgehead atoms. The van der Waals surface area contributed by atoms with Crippen molar-refractivity contribution in [3.8, 4) is 0 Å². The smallest absolute Gasteiger partial charge is 0.274 e. The van der Waals surface area contributed by atoms with Crippen LogP contribution in [0.2, 0.25) is 10.0 Å². The van der Waals surface area contributed by atoms with Crippen molar-refractivity contribution in [1.82, 2.24) is 9.97 Å². The highest BCUT2D eigenvalue weighted by molar-refractivity contribution is 6.42. The maximum Gasteiger partial charge on any atom is 0.274 e. The third kappa shape index (κ3) is 4.50. The minimum atomic E-state index is -0.360. The van der Waals surface area contributed by atoms with Crippen LogP contribution < -0.4 is 10.6 Å². The molecule has 26 heavy (non-hydrogen) atoms. The molecule has 0 spiro atoms. The molecule has 0 aliphatic carbocycles. The van der Waals surface area contributed by atoms with Crippen LogP contribution in [0.25, 0.3) is 0 Å². The van der Waals surface area contributed by atoms with E-state index in [0.29, 0.717) is 27.4 Å². The minimum absolute atomic E-state index is 0.249. The first kappa shape index (κ1) is 18.2. The van der Waals surface area contributed by atoms with E-state index < -0.39 is 0 Å². The Kier molecular flexibility index (Phi) is 5.40. The first-order chi connectivity index (χ1) is 12.4. The molecule has 0 fully saturated rings. The van der Waals surface area contributed by atoms with E-state index in [1.54, 1.807) is 31.2 Å². The Morgan fingerprint density at radius 1 is 0.923 bits per heavy atom. The number of nitrogens with zero attached hydrogens (tertiary/aromatic N) is 2. The fourth-order valence-corrected chi connectivity index (χ4v) is 2.66. The van der Waals surface area contributed by atoms with E-state index in [1.807, 2.05) is 31.2 Å². The zero-order valence-corrected chi connectivity index (χ0v) is 15.7. The molecule has 3 aromatic rings. The zero-order chi connectivity index (χ0) is 18.7. The molecule has 3 rings (SSSR count). The van der Waals surface area contributed by atoms with E-state index in [1.165, 1.54) is 0 Å².